The van der Waals surface area contributed by atoms with E-state index in [0.717, 1.165) is 50.0 Å². The highest BCUT2D eigenvalue weighted by molar-refractivity contribution is 6.27. The molecule has 0 unspecified atom stereocenters. The topological polar surface area (TPSA) is 35.1 Å². The van der Waals surface area contributed by atoms with Gasteiger partial charge in [-0.1, -0.05) is 91.0 Å². The van der Waals surface area contributed by atoms with Crippen molar-refractivity contribution in [3.8, 4) is 16.9 Å². The second kappa shape index (κ2) is 8.01. The van der Waals surface area contributed by atoms with Crippen molar-refractivity contribution < 1.29 is 0 Å². The number of benzene rings is 5. The summed E-state index contributed by atoms with van der Waals surface area (Å²) in [6, 6.07) is 45.0. The van der Waals surface area contributed by atoms with Crippen molar-refractivity contribution in [3.05, 3.63) is 134 Å². The fourth-order valence-corrected chi connectivity index (χ4v) is 6.43. The molecule has 0 saturated heterocycles. The molecule has 4 heterocycles. The Balaban J connectivity index is 1.53. The van der Waals surface area contributed by atoms with Gasteiger partial charge in [0.1, 0.15) is 11.5 Å². The van der Waals surface area contributed by atoms with Crippen LogP contribution in [0.3, 0.4) is 0 Å². The van der Waals surface area contributed by atoms with E-state index in [0.29, 0.717) is 0 Å². The highest BCUT2D eigenvalue weighted by atomic mass is 15.1. The van der Waals surface area contributed by atoms with Gasteiger partial charge in [0.25, 0.3) is 0 Å². The molecule has 0 N–H and O–H groups in total. The van der Waals surface area contributed by atoms with Gasteiger partial charge >= 0.3 is 0 Å². The molecule has 0 saturated carbocycles. The number of rotatable bonds is 2. The van der Waals surface area contributed by atoms with E-state index in [-0.39, 0.29) is 0 Å². The monoisotopic (exact) mass is 510 g/mol. The molecule has 0 fully saturated rings. The Morgan fingerprint density at radius 3 is 2.02 bits per heavy atom. The first kappa shape index (κ1) is 21.5. The summed E-state index contributed by atoms with van der Waals surface area (Å²) in [5, 5.41) is 5.93. The molecule has 9 aromatic rings. The lowest BCUT2D eigenvalue weighted by Crippen LogP contribution is -1.99. The van der Waals surface area contributed by atoms with Crippen molar-refractivity contribution in [1.82, 2.24) is 18.9 Å². The van der Waals surface area contributed by atoms with Gasteiger partial charge in [-0.05, 0) is 52.9 Å². The van der Waals surface area contributed by atoms with Gasteiger partial charge in [-0.3, -0.25) is 8.97 Å². The summed E-state index contributed by atoms with van der Waals surface area (Å²) in [5.74, 6) is 0.891. The minimum absolute atomic E-state index is 0.891. The van der Waals surface area contributed by atoms with Crippen LogP contribution in [0.4, 0.5) is 0 Å². The molecule has 0 amide bonds. The molecular formula is C36H22N4. The zero-order chi connectivity index (χ0) is 26.2. The van der Waals surface area contributed by atoms with E-state index in [1.54, 1.807) is 0 Å². The van der Waals surface area contributed by atoms with Gasteiger partial charge in [-0.15, -0.1) is 0 Å². The first-order chi connectivity index (χ1) is 19.9. The van der Waals surface area contributed by atoms with Gasteiger partial charge in [0.2, 0.25) is 0 Å². The molecule has 4 heteroatoms. The highest BCUT2D eigenvalue weighted by Gasteiger charge is 2.21. The lowest BCUT2D eigenvalue weighted by atomic mass is 10.0. The summed E-state index contributed by atoms with van der Waals surface area (Å²) < 4.78 is 4.65. The van der Waals surface area contributed by atoms with Gasteiger partial charge in [-0.25, -0.2) is 9.97 Å². The van der Waals surface area contributed by atoms with Gasteiger partial charge in [-0.2, -0.15) is 0 Å². The van der Waals surface area contributed by atoms with E-state index < -0.39 is 0 Å². The van der Waals surface area contributed by atoms with Gasteiger partial charge < -0.3 is 0 Å². The molecule has 40 heavy (non-hydrogen) atoms. The Kier molecular flexibility index (Phi) is 4.30. The number of pyridine rings is 2. The van der Waals surface area contributed by atoms with E-state index >= 15 is 0 Å². The average Bonchev–Trinajstić information content (AvgIpc) is 3.58. The van der Waals surface area contributed by atoms with E-state index in [9.17, 15) is 0 Å². The number of nitrogens with zero attached hydrogens (tertiary/aromatic N) is 4. The fourth-order valence-electron chi connectivity index (χ4n) is 6.43. The minimum atomic E-state index is 0.891. The molecule has 0 aliphatic carbocycles. The molecular weight excluding hydrogens is 488 g/mol. The molecule has 0 spiro atoms. The predicted molar refractivity (Wildman–Crippen MR) is 165 cm³/mol. The van der Waals surface area contributed by atoms with Crippen molar-refractivity contribution in [1.29, 1.82) is 0 Å². The molecule has 186 valence electrons. The molecule has 0 bridgehead atoms. The SMILES string of the molecule is c1ccc(-c2ccnc(-n3c4ccccc4c4ccc5c6ccccc6n6c7ccccc7nc6c5c43)c2)cc1. The van der Waals surface area contributed by atoms with E-state index in [4.69, 9.17) is 9.97 Å². The third-order valence-electron chi connectivity index (χ3n) is 8.14. The molecule has 0 atom stereocenters. The zero-order valence-electron chi connectivity index (χ0n) is 21.5. The van der Waals surface area contributed by atoms with Crippen LogP contribution in [0, 0.1) is 0 Å². The maximum Gasteiger partial charge on any atom is 0.148 e. The zero-order valence-corrected chi connectivity index (χ0v) is 21.5. The summed E-state index contributed by atoms with van der Waals surface area (Å²) in [6.07, 6.45) is 1.91. The molecule has 0 aliphatic heterocycles. The second-order valence-electron chi connectivity index (χ2n) is 10.3. The van der Waals surface area contributed by atoms with E-state index in [1.165, 1.54) is 27.1 Å². The van der Waals surface area contributed by atoms with Gasteiger partial charge in [0, 0.05) is 22.4 Å². The van der Waals surface area contributed by atoms with Crippen LogP contribution >= 0.6 is 0 Å². The number of fused-ring (bicyclic) bond motifs is 12. The van der Waals surface area contributed by atoms with Crippen LogP contribution in [0.5, 0.6) is 0 Å². The Hall–Kier alpha value is -5.48. The number of para-hydroxylation sites is 4. The minimum Gasteiger partial charge on any atom is -0.293 e. The summed E-state index contributed by atoms with van der Waals surface area (Å²) in [7, 11) is 0. The number of hydrogen-bond donors (Lipinski definition) is 0. The van der Waals surface area contributed by atoms with E-state index in [1.807, 2.05) is 6.20 Å². The van der Waals surface area contributed by atoms with Crippen LogP contribution in [-0.4, -0.2) is 18.9 Å². The Bertz CT molecular complexity index is 2430. The van der Waals surface area contributed by atoms with Crippen LogP contribution in [-0.2, 0) is 0 Å². The molecule has 4 nitrogen and oxygen atoms in total. The average molecular weight is 511 g/mol. The van der Waals surface area contributed by atoms with Crippen molar-refractivity contribution in [2.75, 3.05) is 0 Å². The van der Waals surface area contributed by atoms with Gasteiger partial charge in [0.15, 0.2) is 0 Å². The Labute approximate surface area is 229 Å². The molecule has 5 aromatic carbocycles. The maximum atomic E-state index is 5.24. The van der Waals surface area contributed by atoms with Crippen LogP contribution in [0.15, 0.2) is 134 Å². The lowest BCUT2D eigenvalue weighted by Gasteiger charge is -2.13. The quantitative estimate of drug-likeness (QED) is 0.218. The third-order valence-corrected chi connectivity index (χ3v) is 8.14. The Morgan fingerprint density at radius 1 is 0.500 bits per heavy atom. The smallest absolute Gasteiger partial charge is 0.148 e. The lowest BCUT2D eigenvalue weighted by molar-refractivity contribution is 1.08. The summed E-state index contributed by atoms with van der Waals surface area (Å²) >= 11 is 0. The van der Waals surface area contributed by atoms with Crippen LogP contribution in [0.25, 0.3) is 77.1 Å². The molecule has 0 aliphatic rings. The second-order valence-corrected chi connectivity index (χ2v) is 10.3. The fraction of sp³-hybridized carbons (Fsp3) is 0. The van der Waals surface area contributed by atoms with Gasteiger partial charge in [0.05, 0.1) is 33.0 Å². The van der Waals surface area contributed by atoms with Crippen LogP contribution in [0.2, 0.25) is 0 Å². The number of aromatic nitrogens is 4. The normalized spacial score (nSPS) is 12.0. The molecule has 4 aromatic heterocycles. The van der Waals surface area contributed by atoms with E-state index in [2.05, 4.69) is 136 Å². The number of imidazole rings is 1. The molecule has 0 radical (unpaired) electrons. The van der Waals surface area contributed by atoms with Crippen molar-refractivity contribution in [2.45, 2.75) is 0 Å². The Morgan fingerprint density at radius 2 is 1.18 bits per heavy atom. The first-order valence-corrected chi connectivity index (χ1v) is 13.5. The predicted octanol–water partition coefficient (Wildman–Crippen LogP) is 8.95. The van der Waals surface area contributed by atoms with Crippen LogP contribution < -0.4 is 0 Å². The maximum absolute atomic E-state index is 5.24. The third kappa shape index (κ3) is 2.85. The van der Waals surface area contributed by atoms with Crippen molar-refractivity contribution in [2.24, 2.45) is 0 Å². The van der Waals surface area contributed by atoms with Crippen molar-refractivity contribution >= 4 is 60.2 Å². The first-order valence-electron chi connectivity index (χ1n) is 13.5. The highest BCUT2D eigenvalue weighted by Crippen LogP contribution is 2.41. The largest absolute Gasteiger partial charge is 0.293 e. The number of hydrogen-bond acceptors (Lipinski definition) is 2. The summed E-state index contributed by atoms with van der Waals surface area (Å²) in [5.41, 5.74) is 8.79. The van der Waals surface area contributed by atoms with Crippen molar-refractivity contribution in [3.63, 3.8) is 0 Å². The molecule has 9 rings (SSSR count). The summed E-state index contributed by atoms with van der Waals surface area (Å²) in [4.78, 5) is 10.2. The van der Waals surface area contributed by atoms with Crippen LogP contribution in [0.1, 0.15) is 0 Å². The summed E-state index contributed by atoms with van der Waals surface area (Å²) in [6.45, 7) is 0. The standard InChI is InChI=1S/C36H22N4/c1-2-10-23(11-3-1)24-20-21-37-33(22-24)40-31-16-8-5-13-26(31)28-19-18-27-25-12-4-7-15-30(25)39-32-17-9-6-14-29(32)38-36(39)34(27)35(28)40/h1-22H.